The molecule has 0 spiro atoms. The van der Waals surface area contributed by atoms with Crippen LogP contribution in [0.4, 0.5) is 0 Å². The maximum Gasteiger partial charge on any atom is 0.161 e. The maximum atomic E-state index is 5.50. The van der Waals surface area contributed by atoms with Crippen molar-refractivity contribution in [3.05, 3.63) is 47.3 Å². The van der Waals surface area contributed by atoms with Crippen LogP contribution in [0.3, 0.4) is 0 Å². The Morgan fingerprint density at radius 1 is 1.33 bits per heavy atom. The standard InChI is InChI=1S/C17H25N3O/c1-12(2)20-17(16(21-5)11-19-20)15(18-4)10-14-8-6-7-13(3)9-14/h6-9,11-12,15,18H,10H2,1-5H3. The highest BCUT2D eigenvalue weighted by molar-refractivity contribution is 5.31. The van der Waals surface area contributed by atoms with Gasteiger partial charge in [-0.3, -0.25) is 4.68 Å². The minimum absolute atomic E-state index is 0.173. The summed E-state index contributed by atoms with van der Waals surface area (Å²) in [5, 5.41) is 7.87. The van der Waals surface area contributed by atoms with Crippen LogP contribution in [-0.4, -0.2) is 23.9 Å². The highest BCUT2D eigenvalue weighted by Crippen LogP contribution is 2.29. The first-order valence-corrected chi connectivity index (χ1v) is 7.41. The number of methoxy groups -OCH3 is 1. The summed E-state index contributed by atoms with van der Waals surface area (Å²) in [5.74, 6) is 0.843. The molecule has 4 heteroatoms. The number of aryl methyl sites for hydroxylation is 1. The first-order valence-electron chi connectivity index (χ1n) is 7.41. The molecule has 1 unspecified atom stereocenters. The Hall–Kier alpha value is -1.81. The van der Waals surface area contributed by atoms with Crippen LogP contribution in [0.25, 0.3) is 0 Å². The zero-order valence-electron chi connectivity index (χ0n) is 13.6. The van der Waals surface area contributed by atoms with Gasteiger partial charge in [0.05, 0.1) is 25.0 Å². The molecule has 1 heterocycles. The number of likely N-dealkylation sites (N-methyl/N-ethyl adjacent to an activating group) is 1. The fourth-order valence-electron chi connectivity index (χ4n) is 2.67. The van der Waals surface area contributed by atoms with Gasteiger partial charge in [-0.25, -0.2) is 0 Å². The molecule has 0 fully saturated rings. The molecule has 2 rings (SSSR count). The van der Waals surface area contributed by atoms with Crippen molar-refractivity contribution < 1.29 is 4.74 Å². The van der Waals surface area contributed by atoms with Gasteiger partial charge < -0.3 is 10.1 Å². The molecule has 0 saturated carbocycles. The van der Waals surface area contributed by atoms with E-state index in [2.05, 4.69) is 55.5 Å². The predicted molar refractivity (Wildman–Crippen MR) is 85.8 cm³/mol. The zero-order chi connectivity index (χ0) is 15.4. The average Bonchev–Trinajstić information content (AvgIpc) is 2.88. The average molecular weight is 287 g/mol. The number of ether oxygens (including phenoxy) is 1. The SMILES string of the molecule is CNC(Cc1cccc(C)c1)c1c(OC)cnn1C(C)C. The number of aromatic nitrogens is 2. The van der Waals surface area contributed by atoms with Crippen LogP contribution in [0.2, 0.25) is 0 Å². The Morgan fingerprint density at radius 2 is 2.10 bits per heavy atom. The molecule has 0 aliphatic carbocycles. The van der Waals surface area contributed by atoms with E-state index in [-0.39, 0.29) is 6.04 Å². The summed E-state index contributed by atoms with van der Waals surface area (Å²) in [7, 11) is 3.68. The lowest BCUT2D eigenvalue weighted by molar-refractivity contribution is 0.388. The van der Waals surface area contributed by atoms with Crippen LogP contribution in [0.5, 0.6) is 5.75 Å². The van der Waals surface area contributed by atoms with Crippen molar-refractivity contribution in [2.75, 3.05) is 14.2 Å². The van der Waals surface area contributed by atoms with Gasteiger partial charge in [-0.05, 0) is 39.8 Å². The van der Waals surface area contributed by atoms with Crippen molar-refractivity contribution in [1.82, 2.24) is 15.1 Å². The second-order valence-corrected chi connectivity index (χ2v) is 5.67. The Labute approximate surface area is 127 Å². The number of hydrogen-bond acceptors (Lipinski definition) is 3. The van der Waals surface area contributed by atoms with E-state index in [1.807, 2.05) is 11.7 Å². The molecule has 1 atom stereocenters. The highest BCUT2D eigenvalue weighted by atomic mass is 16.5. The van der Waals surface area contributed by atoms with Crippen LogP contribution in [0.1, 0.15) is 42.8 Å². The molecule has 1 N–H and O–H groups in total. The lowest BCUT2D eigenvalue weighted by Crippen LogP contribution is -2.24. The number of rotatable bonds is 6. The largest absolute Gasteiger partial charge is 0.493 e. The fraction of sp³-hybridized carbons (Fsp3) is 0.471. The summed E-state index contributed by atoms with van der Waals surface area (Å²) >= 11 is 0. The van der Waals surface area contributed by atoms with Crippen molar-refractivity contribution >= 4 is 0 Å². The van der Waals surface area contributed by atoms with E-state index in [0.29, 0.717) is 6.04 Å². The van der Waals surface area contributed by atoms with E-state index < -0.39 is 0 Å². The topological polar surface area (TPSA) is 39.1 Å². The second-order valence-electron chi connectivity index (χ2n) is 5.67. The van der Waals surface area contributed by atoms with Crippen LogP contribution in [-0.2, 0) is 6.42 Å². The van der Waals surface area contributed by atoms with Crippen LogP contribution < -0.4 is 10.1 Å². The Morgan fingerprint density at radius 3 is 2.67 bits per heavy atom. The van der Waals surface area contributed by atoms with Gasteiger partial charge in [-0.1, -0.05) is 29.8 Å². The van der Waals surface area contributed by atoms with Crippen molar-refractivity contribution in [3.8, 4) is 5.75 Å². The molecule has 1 aromatic carbocycles. The molecule has 0 radical (unpaired) electrons. The molecule has 0 bridgehead atoms. The predicted octanol–water partition coefficient (Wildman–Crippen LogP) is 3.28. The smallest absolute Gasteiger partial charge is 0.161 e. The summed E-state index contributed by atoms with van der Waals surface area (Å²) < 4.78 is 7.53. The van der Waals surface area contributed by atoms with Crippen LogP contribution >= 0.6 is 0 Å². The molecule has 4 nitrogen and oxygen atoms in total. The molecule has 0 amide bonds. The van der Waals surface area contributed by atoms with Crippen molar-refractivity contribution in [2.45, 2.75) is 39.3 Å². The molecule has 114 valence electrons. The lowest BCUT2D eigenvalue weighted by Gasteiger charge is -2.21. The second kappa shape index (κ2) is 6.76. The Bertz CT molecular complexity index is 589. The summed E-state index contributed by atoms with van der Waals surface area (Å²) in [6.07, 6.45) is 2.71. The highest BCUT2D eigenvalue weighted by Gasteiger charge is 2.22. The zero-order valence-corrected chi connectivity index (χ0v) is 13.6. The molecule has 0 aliphatic heterocycles. The van der Waals surface area contributed by atoms with E-state index in [1.165, 1.54) is 11.1 Å². The van der Waals surface area contributed by atoms with E-state index in [4.69, 9.17) is 4.74 Å². The maximum absolute atomic E-state index is 5.50. The first kappa shape index (κ1) is 15.6. The van der Waals surface area contributed by atoms with Crippen LogP contribution in [0.15, 0.2) is 30.5 Å². The van der Waals surface area contributed by atoms with Gasteiger partial charge in [0, 0.05) is 6.04 Å². The minimum atomic E-state index is 0.173. The first-order chi connectivity index (χ1) is 10.1. The number of nitrogens with one attached hydrogen (secondary N) is 1. The Kier molecular flexibility index (Phi) is 5.02. The van der Waals surface area contributed by atoms with Crippen molar-refractivity contribution in [1.29, 1.82) is 0 Å². The molecule has 1 aromatic heterocycles. The summed E-state index contributed by atoms with van der Waals surface area (Å²) in [6.45, 7) is 6.39. The van der Waals surface area contributed by atoms with Gasteiger partial charge in [-0.15, -0.1) is 0 Å². The minimum Gasteiger partial charge on any atom is -0.493 e. The van der Waals surface area contributed by atoms with Gasteiger partial charge in [-0.2, -0.15) is 5.10 Å². The van der Waals surface area contributed by atoms with Gasteiger partial charge in [0.15, 0.2) is 5.75 Å². The normalized spacial score (nSPS) is 12.7. The molecule has 21 heavy (non-hydrogen) atoms. The quantitative estimate of drug-likeness (QED) is 0.886. The number of nitrogens with zero attached hydrogens (tertiary/aromatic N) is 2. The summed E-state index contributed by atoms with van der Waals surface area (Å²) in [5.41, 5.74) is 3.70. The molecular weight excluding hydrogens is 262 g/mol. The molecular formula is C17H25N3O. The van der Waals surface area contributed by atoms with E-state index in [1.54, 1.807) is 13.3 Å². The third kappa shape index (κ3) is 3.45. The van der Waals surface area contributed by atoms with Gasteiger partial charge >= 0.3 is 0 Å². The van der Waals surface area contributed by atoms with E-state index >= 15 is 0 Å². The van der Waals surface area contributed by atoms with Gasteiger partial charge in [0.1, 0.15) is 0 Å². The van der Waals surface area contributed by atoms with E-state index in [0.717, 1.165) is 17.9 Å². The number of hydrogen-bond donors (Lipinski definition) is 1. The third-order valence-corrected chi connectivity index (χ3v) is 3.71. The third-order valence-electron chi connectivity index (χ3n) is 3.71. The van der Waals surface area contributed by atoms with Crippen molar-refractivity contribution in [2.24, 2.45) is 0 Å². The Balaban J connectivity index is 2.35. The molecule has 2 aromatic rings. The van der Waals surface area contributed by atoms with Crippen LogP contribution in [0, 0.1) is 6.92 Å². The van der Waals surface area contributed by atoms with E-state index in [9.17, 15) is 0 Å². The summed E-state index contributed by atoms with van der Waals surface area (Å²) in [6, 6.07) is 9.10. The van der Waals surface area contributed by atoms with Crippen molar-refractivity contribution in [3.63, 3.8) is 0 Å². The molecule has 0 saturated heterocycles. The monoisotopic (exact) mass is 287 g/mol. The molecule has 0 aliphatic rings. The fourth-order valence-corrected chi connectivity index (χ4v) is 2.67. The number of benzene rings is 1. The summed E-state index contributed by atoms with van der Waals surface area (Å²) in [4.78, 5) is 0. The lowest BCUT2D eigenvalue weighted by atomic mass is 10.0. The van der Waals surface area contributed by atoms with Gasteiger partial charge in [0.25, 0.3) is 0 Å². The van der Waals surface area contributed by atoms with Gasteiger partial charge in [0.2, 0.25) is 0 Å².